The normalized spacial score (nSPS) is 17.6. The average Bonchev–Trinajstić information content (AvgIpc) is 3.45. The Morgan fingerprint density at radius 3 is 2.62 bits per heavy atom. The third-order valence-electron chi connectivity index (χ3n) is 5.81. The summed E-state index contributed by atoms with van der Waals surface area (Å²) in [5.74, 6) is 0.0933. The van der Waals surface area contributed by atoms with Gasteiger partial charge in [0.1, 0.15) is 17.6 Å². The maximum atomic E-state index is 11.5. The molecule has 0 amide bonds. The van der Waals surface area contributed by atoms with E-state index >= 15 is 0 Å². The van der Waals surface area contributed by atoms with Crippen LogP contribution < -0.4 is 10.2 Å². The largest absolute Gasteiger partial charge is 0.478 e. The monoisotopic (exact) mass is 489 g/mol. The van der Waals surface area contributed by atoms with Gasteiger partial charge in [0, 0.05) is 17.4 Å². The van der Waals surface area contributed by atoms with E-state index in [1.165, 1.54) is 12.1 Å². The number of anilines is 1. The fourth-order valence-electron chi connectivity index (χ4n) is 4.13. The molecule has 5 rings (SSSR count). The highest BCUT2D eigenvalue weighted by Gasteiger charge is 2.42. The van der Waals surface area contributed by atoms with E-state index in [0.717, 1.165) is 16.9 Å². The lowest BCUT2D eigenvalue weighted by molar-refractivity contribution is 0.0697. The number of nitrogens with one attached hydrogen (secondary N) is 1. The molecule has 0 aliphatic carbocycles. The Hall–Kier alpha value is -3.68. The van der Waals surface area contributed by atoms with Crippen LogP contribution in [0.1, 0.15) is 39.5 Å². The van der Waals surface area contributed by atoms with Crippen LogP contribution in [0.5, 0.6) is 0 Å². The first-order valence-corrected chi connectivity index (χ1v) is 11.4. The van der Waals surface area contributed by atoms with Crippen LogP contribution in [0.4, 0.5) is 5.69 Å². The van der Waals surface area contributed by atoms with Crippen molar-refractivity contribution in [1.82, 2.24) is 10.3 Å². The number of carboxylic acids is 1. The fraction of sp³-hybridized carbons (Fsp3) is 0.115. The molecular formula is C26H20ClN3O3S. The molecule has 170 valence electrons. The van der Waals surface area contributed by atoms with E-state index in [1.54, 1.807) is 18.3 Å². The van der Waals surface area contributed by atoms with Gasteiger partial charge in [-0.05, 0) is 73.7 Å². The molecule has 0 spiro atoms. The van der Waals surface area contributed by atoms with Gasteiger partial charge in [-0.2, -0.15) is 0 Å². The van der Waals surface area contributed by atoms with Crippen molar-refractivity contribution in [2.45, 2.75) is 19.0 Å². The standard InChI is InChI=1S/C26H20ClN3O3S/c1-15-5-8-17(9-6-15)30-24(23(29-26(30)34)20-4-2-3-13-28-20)22-12-11-21(33-22)18-14-16(25(31)32)7-10-19(18)27/h2-14,23-24H,1H3,(H,29,34)(H,31,32)/t23-,24-/m0/s1. The van der Waals surface area contributed by atoms with Crippen molar-refractivity contribution in [3.63, 3.8) is 0 Å². The smallest absolute Gasteiger partial charge is 0.335 e. The third-order valence-corrected chi connectivity index (χ3v) is 6.45. The summed E-state index contributed by atoms with van der Waals surface area (Å²) in [5, 5.41) is 13.8. The minimum absolute atomic E-state index is 0.133. The molecule has 1 aliphatic heterocycles. The Balaban J connectivity index is 1.61. The van der Waals surface area contributed by atoms with Crippen molar-refractivity contribution >= 4 is 40.6 Å². The molecule has 0 radical (unpaired) electrons. The molecule has 0 unspecified atom stereocenters. The maximum absolute atomic E-state index is 11.5. The Bertz CT molecular complexity index is 1370. The SMILES string of the molecule is Cc1ccc(N2C(=S)N[C@@H](c3ccccn3)[C@@H]2c2ccc(-c3cc(C(=O)O)ccc3Cl)o2)cc1. The number of aromatic nitrogens is 1. The third kappa shape index (κ3) is 4.04. The van der Waals surface area contributed by atoms with Gasteiger partial charge in [0.15, 0.2) is 5.11 Å². The summed E-state index contributed by atoms with van der Waals surface area (Å²) in [6.07, 6.45) is 1.75. The second kappa shape index (κ2) is 8.93. The first kappa shape index (κ1) is 22.1. The average molecular weight is 490 g/mol. The lowest BCUT2D eigenvalue weighted by atomic mass is 10.0. The van der Waals surface area contributed by atoms with Crippen LogP contribution >= 0.6 is 23.8 Å². The number of rotatable bonds is 5. The number of aryl methyl sites for hydroxylation is 1. The topological polar surface area (TPSA) is 78.6 Å². The van der Waals surface area contributed by atoms with Gasteiger partial charge in [-0.1, -0.05) is 35.4 Å². The minimum atomic E-state index is -1.03. The van der Waals surface area contributed by atoms with Crippen molar-refractivity contribution in [3.8, 4) is 11.3 Å². The summed E-state index contributed by atoms with van der Waals surface area (Å²) in [5.41, 5.74) is 3.54. The van der Waals surface area contributed by atoms with Gasteiger partial charge >= 0.3 is 5.97 Å². The Labute approximate surface area is 206 Å². The lowest BCUT2D eigenvalue weighted by Gasteiger charge is -2.26. The summed E-state index contributed by atoms with van der Waals surface area (Å²) >= 11 is 12.1. The molecule has 0 bridgehead atoms. The predicted octanol–water partition coefficient (Wildman–Crippen LogP) is 6.18. The molecule has 8 heteroatoms. The van der Waals surface area contributed by atoms with Crippen LogP contribution in [0.15, 0.2) is 83.4 Å². The second-order valence-corrected chi connectivity index (χ2v) is 8.83. The summed E-state index contributed by atoms with van der Waals surface area (Å²) in [6.45, 7) is 2.03. The molecule has 2 N–H and O–H groups in total. The van der Waals surface area contributed by atoms with E-state index in [1.807, 2.05) is 60.4 Å². The molecule has 2 aromatic carbocycles. The Morgan fingerprint density at radius 1 is 1.12 bits per heavy atom. The minimum Gasteiger partial charge on any atom is -0.478 e. The van der Waals surface area contributed by atoms with E-state index in [4.69, 9.17) is 28.2 Å². The Morgan fingerprint density at radius 2 is 1.91 bits per heavy atom. The molecular weight excluding hydrogens is 470 g/mol. The first-order chi connectivity index (χ1) is 16.4. The summed E-state index contributed by atoms with van der Waals surface area (Å²) in [7, 11) is 0. The van der Waals surface area contributed by atoms with Crippen molar-refractivity contribution in [1.29, 1.82) is 0 Å². The highest BCUT2D eigenvalue weighted by Crippen LogP contribution is 2.43. The zero-order chi connectivity index (χ0) is 23.8. The molecule has 2 aromatic heterocycles. The molecule has 2 atom stereocenters. The molecule has 34 heavy (non-hydrogen) atoms. The highest BCUT2D eigenvalue weighted by atomic mass is 35.5. The zero-order valence-corrected chi connectivity index (χ0v) is 19.7. The number of thiocarbonyl (C=S) groups is 1. The second-order valence-electron chi connectivity index (χ2n) is 8.03. The van der Waals surface area contributed by atoms with Crippen molar-refractivity contribution in [2.24, 2.45) is 0 Å². The van der Waals surface area contributed by atoms with Gasteiger partial charge in [0.2, 0.25) is 0 Å². The van der Waals surface area contributed by atoms with Gasteiger partial charge in [0.25, 0.3) is 0 Å². The summed E-state index contributed by atoms with van der Waals surface area (Å²) in [4.78, 5) is 18.0. The molecule has 0 saturated carbocycles. The molecule has 6 nitrogen and oxygen atoms in total. The molecule has 1 fully saturated rings. The number of hydrogen-bond acceptors (Lipinski definition) is 4. The molecule has 4 aromatic rings. The molecule has 1 aliphatic rings. The number of nitrogens with zero attached hydrogens (tertiary/aromatic N) is 2. The van der Waals surface area contributed by atoms with Crippen molar-refractivity contribution < 1.29 is 14.3 Å². The van der Waals surface area contributed by atoms with E-state index in [0.29, 0.717) is 27.2 Å². The lowest BCUT2D eigenvalue weighted by Crippen LogP contribution is -2.29. The quantitative estimate of drug-likeness (QED) is 0.324. The van der Waals surface area contributed by atoms with Gasteiger partial charge in [-0.25, -0.2) is 4.79 Å². The van der Waals surface area contributed by atoms with E-state index in [-0.39, 0.29) is 17.6 Å². The van der Waals surface area contributed by atoms with Crippen molar-refractivity contribution in [2.75, 3.05) is 4.90 Å². The number of halogens is 1. The first-order valence-electron chi connectivity index (χ1n) is 10.6. The van der Waals surface area contributed by atoms with Gasteiger partial charge < -0.3 is 19.7 Å². The fourth-order valence-corrected chi connectivity index (χ4v) is 4.69. The van der Waals surface area contributed by atoms with Crippen LogP contribution in [-0.2, 0) is 0 Å². The number of furan rings is 1. The van der Waals surface area contributed by atoms with E-state index in [9.17, 15) is 9.90 Å². The van der Waals surface area contributed by atoms with Gasteiger partial charge in [-0.3, -0.25) is 4.98 Å². The Kier molecular flexibility index (Phi) is 5.81. The van der Waals surface area contributed by atoms with E-state index < -0.39 is 5.97 Å². The van der Waals surface area contributed by atoms with Gasteiger partial charge in [-0.15, -0.1) is 0 Å². The number of carboxylic acid groups (broad SMARTS) is 1. The summed E-state index contributed by atoms with van der Waals surface area (Å²) in [6, 6.07) is 21.5. The molecule has 3 heterocycles. The number of pyridine rings is 1. The van der Waals surface area contributed by atoms with Crippen molar-refractivity contribution in [3.05, 3.63) is 107 Å². The number of hydrogen-bond donors (Lipinski definition) is 2. The summed E-state index contributed by atoms with van der Waals surface area (Å²) < 4.78 is 6.30. The highest BCUT2D eigenvalue weighted by molar-refractivity contribution is 7.80. The van der Waals surface area contributed by atoms with Crippen LogP contribution in [-0.4, -0.2) is 21.2 Å². The van der Waals surface area contributed by atoms with Crippen LogP contribution in [0, 0.1) is 6.92 Å². The maximum Gasteiger partial charge on any atom is 0.335 e. The van der Waals surface area contributed by atoms with Crippen LogP contribution in [0.3, 0.4) is 0 Å². The van der Waals surface area contributed by atoms with Crippen LogP contribution in [0.2, 0.25) is 5.02 Å². The number of benzene rings is 2. The molecule has 1 saturated heterocycles. The predicted molar refractivity (Wildman–Crippen MR) is 135 cm³/mol. The number of carbonyl (C=O) groups is 1. The number of aromatic carboxylic acids is 1. The van der Waals surface area contributed by atoms with Gasteiger partial charge in [0.05, 0.1) is 22.3 Å². The van der Waals surface area contributed by atoms with Crippen LogP contribution in [0.25, 0.3) is 11.3 Å². The zero-order valence-electron chi connectivity index (χ0n) is 18.1. The van der Waals surface area contributed by atoms with E-state index in [2.05, 4.69) is 10.3 Å².